The quantitative estimate of drug-likeness (QED) is 0.426. The number of nitrogens with two attached hydrogens (primary N) is 1. The Morgan fingerprint density at radius 1 is 1.50 bits per heavy atom. The molecule has 1 heterocycles. The van der Waals surface area contributed by atoms with Crippen LogP contribution < -0.4 is 22.3 Å². The van der Waals surface area contributed by atoms with Gasteiger partial charge in [-0.2, -0.15) is 0 Å². The third-order valence-corrected chi connectivity index (χ3v) is 2.48. The first-order valence-electron chi connectivity index (χ1n) is 4.01. The number of aromatic nitrogens is 2. The molecule has 7 nitrogen and oxygen atoms in total. The van der Waals surface area contributed by atoms with E-state index in [2.05, 4.69) is 36.2 Å². The fourth-order valence-electron chi connectivity index (χ4n) is 0.898. The molecule has 0 radical (unpaired) electrons. The van der Waals surface area contributed by atoms with Crippen molar-refractivity contribution < 1.29 is 0 Å². The number of hydrogen-bond acceptors (Lipinski definition) is 3. The van der Waals surface area contributed by atoms with Crippen molar-refractivity contribution in [1.82, 2.24) is 15.3 Å². The molecule has 0 atom stereocenters. The summed E-state index contributed by atoms with van der Waals surface area (Å²) in [6, 6.07) is 0. The van der Waals surface area contributed by atoms with Crippen molar-refractivity contribution in [2.24, 2.45) is 10.7 Å². The van der Waals surface area contributed by atoms with Gasteiger partial charge in [-0.05, 0) is 15.9 Å². The Bertz CT molecular complexity index is 494. The SMILES string of the molecule is CN=C(N)NCc1[nH]c(=O)[nH]c(=O)c1Br.Cl. The maximum Gasteiger partial charge on any atom is 0.326 e. The Hall–Kier alpha value is -1.28. The van der Waals surface area contributed by atoms with Crippen molar-refractivity contribution in [2.75, 3.05) is 7.05 Å². The number of hydrogen-bond donors (Lipinski definition) is 4. The molecule has 1 aromatic heterocycles. The van der Waals surface area contributed by atoms with E-state index in [9.17, 15) is 9.59 Å². The van der Waals surface area contributed by atoms with E-state index in [0.29, 0.717) is 5.69 Å². The maximum absolute atomic E-state index is 11.2. The highest BCUT2D eigenvalue weighted by Gasteiger charge is 2.05. The summed E-state index contributed by atoms with van der Waals surface area (Å²) in [7, 11) is 1.53. The molecule has 0 saturated heterocycles. The summed E-state index contributed by atoms with van der Waals surface area (Å²) in [5, 5.41) is 2.72. The number of nitrogens with one attached hydrogen (secondary N) is 3. The summed E-state index contributed by atoms with van der Waals surface area (Å²) < 4.78 is 0.263. The Balaban J connectivity index is 0.00000225. The molecule has 0 saturated carbocycles. The van der Waals surface area contributed by atoms with Crippen LogP contribution in [0.25, 0.3) is 0 Å². The van der Waals surface area contributed by atoms with Crippen LogP contribution in [0.15, 0.2) is 19.1 Å². The molecule has 9 heteroatoms. The number of guanidine groups is 1. The highest BCUT2D eigenvalue weighted by Crippen LogP contribution is 2.05. The van der Waals surface area contributed by atoms with Crippen LogP contribution >= 0.6 is 28.3 Å². The minimum atomic E-state index is -0.563. The summed E-state index contributed by atoms with van der Waals surface area (Å²) in [6.45, 7) is 0.211. The Morgan fingerprint density at radius 2 is 2.12 bits per heavy atom. The third-order valence-electron chi connectivity index (χ3n) is 1.64. The van der Waals surface area contributed by atoms with Gasteiger partial charge in [0.15, 0.2) is 5.96 Å². The van der Waals surface area contributed by atoms with Crippen LogP contribution in [-0.4, -0.2) is 23.0 Å². The average molecular weight is 313 g/mol. The molecule has 0 unspecified atom stereocenters. The van der Waals surface area contributed by atoms with Gasteiger partial charge in [-0.3, -0.25) is 14.8 Å². The molecule has 0 aromatic carbocycles. The van der Waals surface area contributed by atoms with E-state index in [4.69, 9.17) is 5.73 Å². The number of nitrogens with zero attached hydrogens (tertiary/aromatic N) is 1. The van der Waals surface area contributed by atoms with E-state index in [0.717, 1.165) is 0 Å². The van der Waals surface area contributed by atoms with Crippen LogP contribution in [0.1, 0.15) is 5.69 Å². The smallest absolute Gasteiger partial charge is 0.326 e. The molecule has 0 spiro atoms. The predicted octanol–water partition coefficient (Wildman–Crippen LogP) is -0.718. The van der Waals surface area contributed by atoms with Gasteiger partial charge in [0.1, 0.15) is 4.47 Å². The summed E-state index contributed by atoms with van der Waals surface area (Å²) in [5.74, 6) is 0.225. The second kappa shape index (κ2) is 6.33. The first-order valence-corrected chi connectivity index (χ1v) is 4.81. The van der Waals surface area contributed by atoms with Crippen molar-refractivity contribution in [3.05, 3.63) is 31.0 Å². The fourth-order valence-corrected chi connectivity index (χ4v) is 1.24. The van der Waals surface area contributed by atoms with Crippen LogP contribution in [0.3, 0.4) is 0 Å². The van der Waals surface area contributed by atoms with E-state index in [-0.39, 0.29) is 29.4 Å². The van der Waals surface area contributed by atoms with Crippen LogP contribution in [0.4, 0.5) is 0 Å². The molecule has 0 aliphatic rings. The molecule has 90 valence electrons. The molecular formula is C7H11BrClN5O2. The standard InChI is InChI=1S/C7H10BrN5O2.ClH/c1-10-6(9)11-2-3-4(8)5(14)13-7(15)12-3;/h2H2,1H3,(H3,9,10,11)(H2,12,13,14,15);1H. The lowest BCUT2D eigenvalue weighted by Crippen LogP contribution is -2.33. The highest BCUT2D eigenvalue weighted by atomic mass is 79.9. The van der Waals surface area contributed by atoms with Crippen molar-refractivity contribution >= 4 is 34.3 Å². The van der Waals surface area contributed by atoms with Gasteiger partial charge in [0.2, 0.25) is 0 Å². The predicted molar refractivity (Wildman–Crippen MR) is 67.0 cm³/mol. The molecule has 1 aromatic rings. The normalized spacial score (nSPS) is 10.8. The van der Waals surface area contributed by atoms with E-state index < -0.39 is 11.2 Å². The van der Waals surface area contributed by atoms with Gasteiger partial charge < -0.3 is 16.0 Å². The first-order chi connectivity index (χ1) is 7.04. The largest absolute Gasteiger partial charge is 0.370 e. The highest BCUT2D eigenvalue weighted by molar-refractivity contribution is 9.10. The minimum Gasteiger partial charge on any atom is -0.370 e. The molecule has 0 aliphatic carbocycles. The van der Waals surface area contributed by atoms with Gasteiger partial charge >= 0.3 is 5.69 Å². The van der Waals surface area contributed by atoms with E-state index in [1.165, 1.54) is 7.05 Å². The van der Waals surface area contributed by atoms with Crippen LogP contribution in [-0.2, 0) is 6.54 Å². The van der Waals surface area contributed by atoms with Gasteiger partial charge in [0.25, 0.3) is 5.56 Å². The molecule has 5 N–H and O–H groups in total. The van der Waals surface area contributed by atoms with E-state index in [1.807, 2.05) is 0 Å². The fraction of sp³-hybridized carbons (Fsp3) is 0.286. The van der Waals surface area contributed by atoms with Gasteiger partial charge in [-0.1, -0.05) is 0 Å². The molecule has 16 heavy (non-hydrogen) atoms. The van der Waals surface area contributed by atoms with Crippen molar-refractivity contribution in [3.63, 3.8) is 0 Å². The van der Waals surface area contributed by atoms with Crippen molar-refractivity contribution in [1.29, 1.82) is 0 Å². The molecule has 0 fully saturated rings. The number of rotatable bonds is 2. The maximum atomic E-state index is 11.2. The lowest BCUT2D eigenvalue weighted by molar-refractivity contribution is 0.825. The summed E-state index contributed by atoms with van der Waals surface area (Å²) in [6.07, 6.45) is 0. The first kappa shape index (κ1) is 14.7. The monoisotopic (exact) mass is 311 g/mol. The van der Waals surface area contributed by atoms with E-state index in [1.54, 1.807) is 0 Å². The zero-order chi connectivity index (χ0) is 11.4. The Kier molecular flexibility index (Phi) is 5.83. The zero-order valence-electron chi connectivity index (χ0n) is 8.33. The van der Waals surface area contributed by atoms with Crippen molar-refractivity contribution in [3.8, 4) is 0 Å². The second-order valence-corrected chi connectivity index (χ2v) is 3.46. The number of aliphatic imine (C=N–C) groups is 1. The molecule has 0 bridgehead atoms. The molecule has 1 rings (SSSR count). The molecule has 0 aliphatic heterocycles. The number of H-pyrrole nitrogens is 2. The summed E-state index contributed by atoms with van der Waals surface area (Å²) >= 11 is 3.05. The lowest BCUT2D eigenvalue weighted by atomic mass is 10.4. The van der Waals surface area contributed by atoms with Crippen LogP contribution in [0.2, 0.25) is 0 Å². The Labute approximate surface area is 105 Å². The van der Waals surface area contributed by atoms with Gasteiger partial charge in [-0.25, -0.2) is 4.79 Å². The lowest BCUT2D eigenvalue weighted by Gasteiger charge is -2.05. The van der Waals surface area contributed by atoms with Crippen molar-refractivity contribution in [2.45, 2.75) is 6.54 Å². The van der Waals surface area contributed by atoms with Crippen LogP contribution in [0, 0.1) is 0 Å². The minimum absolute atomic E-state index is 0. The number of aromatic amines is 2. The molecule has 0 amide bonds. The number of halogens is 2. The summed E-state index contributed by atoms with van der Waals surface area (Å²) in [5.41, 5.74) is 4.76. The van der Waals surface area contributed by atoms with E-state index >= 15 is 0 Å². The van der Waals surface area contributed by atoms with Gasteiger partial charge in [-0.15, -0.1) is 12.4 Å². The van der Waals surface area contributed by atoms with Gasteiger partial charge in [0, 0.05) is 7.05 Å². The average Bonchev–Trinajstić information content (AvgIpc) is 2.20. The summed E-state index contributed by atoms with van der Waals surface area (Å²) in [4.78, 5) is 30.3. The van der Waals surface area contributed by atoms with Crippen LogP contribution in [0.5, 0.6) is 0 Å². The molecular weight excluding hydrogens is 301 g/mol. The second-order valence-electron chi connectivity index (χ2n) is 2.66. The Morgan fingerprint density at radius 3 is 2.69 bits per heavy atom. The topological polar surface area (TPSA) is 116 Å². The van der Waals surface area contributed by atoms with Gasteiger partial charge in [0.05, 0.1) is 12.2 Å². The zero-order valence-corrected chi connectivity index (χ0v) is 10.7. The third kappa shape index (κ3) is 3.70.